The van der Waals surface area contributed by atoms with Crippen molar-refractivity contribution in [1.29, 1.82) is 10.5 Å². The summed E-state index contributed by atoms with van der Waals surface area (Å²) in [5.41, 5.74) is -0.0889. The smallest absolute Gasteiger partial charge is 0.238 e. The first-order valence-corrected chi connectivity index (χ1v) is 8.01. The van der Waals surface area contributed by atoms with Gasteiger partial charge in [0, 0.05) is 11.8 Å². The highest BCUT2D eigenvalue weighted by molar-refractivity contribution is 7.13. The second-order valence-corrected chi connectivity index (χ2v) is 6.33. The topological polar surface area (TPSA) is 111 Å². The standard InChI is InChI=1S/C16H11N5O2S/c1-8-9(2)16(23)21(15(8)22)14-13(12-4-3-5-24-12)19-10(6-17)11(7-18)20-14/h3-5,8-9H,1-2H3. The number of aromatic nitrogens is 2. The number of anilines is 1. The van der Waals surface area contributed by atoms with Crippen LogP contribution in [0.1, 0.15) is 25.2 Å². The van der Waals surface area contributed by atoms with Gasteiger partial charge in [-0.1, -0.05) is 19.9 Å². The van der Waals surface area contributed by atoms with Crippen LogP contribution in [0, 0.1) is 34.5 Å². The molecule has 3 heterocycles. The highest BCUT2D eigenvalue weighted by atomic mass is 32.1. The molecule has 2 atom stereocenters. The first-order chi connectivity index (χ1) is 11.5. The lowest BCUT2D eigenvalue weighted by molar-refractivity contribution is -0.122. The van der Waals surface area contributed by atoms with Crippen LogP contribution in [0.5, 0.6) is 0 Å². The van der Waals surface area contributed by atoms with Gasteiger partial charge >= 0.3 is 0 Å². The molecule has 1 aliphatic heterocycles. The average Bonchev–Trinajstić information content (AvgIpc) is 3.19. The van der Waals surface area contributed by atoms with Crippen LogP contribution in [0.25, 0.3) is 10.6 Å². The van der Waals surface area contributed by atoms with E-state index in [1.54, 1.807) is 32.0 Å². The molecular weight excluding hydrogens is 326 g/mol. The van der Waals surface area contributed by atoms with E-state index in [-0.39, 0.29) is 34.7 Å². The second kappa shape index (κ2) is 5.84. The third kappa shape index (κ3) is 2.25. The summed E-state index contributed by atoms with van der Waals surface area (Å²) in [4.78, 5) is 34.9. The highest BCUT2D eigenvalue weighted by Crippen LogP contribution is 2.36. The van der Waals surface area contributed by atoms with Gasteiger partial charge in [0.25, 0.3) is 0 Å². The maximum Gasteiger partial charge on any atom is 0.238 e. The summed E-state index contributed by atoms with van der Waals surface area (Å²) >= 11 is 1.34. The molecule has 0 saturated carbocycles. The Bertz CT molecular complexity index is 903. The normalized spacial score (nSPS) is 20.1. The van der Waals surface area contributed by atoms with E-state index in [4.69, 9.17) is 5.26 Å². The van der Waals surface area contributed by atoms with Crippen LogP contribution in [0.4, 0.5) is 5.82 Å². The van der Waals surface area contributed by atoms with Gasteiger partial charge < -0.3 is 0 Å². The van der Waals surface area contributed by atoms with Crippen LogP contribution in [-0.2, 0) is 9.59 Å². The third-order valence-corrected chi connectivity index (χ3v) is 4.90. The lowest BCUT2D eigenvalue weighted by atomic mass is 10.00. The maximum atomic E-state index is 12.5. The maximum absolute atomic E-state index is 12.5. The van der Waals surface area contributed by atoms with Gasteiger partial charge in [-0.15, -0.1) is 11.3 Å². The molecule has 2 aromatic heterocycles. The molecule has 1 aliphatic rings. The molecular formula is C16H11N5O2S. The van der Waals surface area contributed by atoms with E-state index in [1.165, 1.54) is 11.3 Å². The van der Waals surface area contributed by atoms with Crippen molar-refractivity contribution in [2.75, 3.05) is 4.90 Å². The molecule has 7 nitrogen and oxygen atoms in total. The summed E-state index contributed by atoms with van der Waals surface area (Å²) in [5.74, 6) is -1.70. The largest absolute Gasteiger partial charge is 0.274 e. The zero-order valence-electron chi connectivity index (χ0n) is 12.8. The van der Waals surface area contributed by atoms with Crippen molar-refractivity contribution in [2.45, 2.75) is 13.8 Å². The van der Waals surface area contributed by atoms with Gasteiger partial charge in [-0.05, 0) is 11.4 Å². The van der Waals surface area contributed by atoms with Gasteiger partial charge in [-0.3, -0.25) is 9.59 Å². The van der Waals surface area contributed by atoms with E-state index >= 15 is 0 Å². The lowest BCUT2D eigenvalue weighted by Gasteiger charge is -2.16. The summed E-state index contributed by atoms with van der Waals surface area (Å²) in [5, 5.41) is 20.2. The van der Waals surface area contributed by atoms with Gasteiger partial charge in [0.2, 0.25) is 11.8 Å². The summed E-state index contributed by atoms with van der Waals surface area (Å²) in [6.45, 7) is 3.36. The highest BCUT2D eigenvalue weighted by Gasteiger charge is 2.45. The van der Waals surface area contributed by atoms with Gasteiger partial charge in [0.05, 0.1) is 4.88 Å². The van der Waals surface area contributed by atoms with Crippen LogP contribution in [0.3, 0.4) is 0 Å². The fourth-order valence-corrected chi connectivity index (χ4v) is 3.18. The second-order valence-electron chi connectivity index (χ2n) is 5.38. The molecule has 2 amide bonds. The number of carbonyl (C=O) groups is 2. The predicted octanol–water partition coefficient (Wildman–Crippen LogP) is 2.09. The Kier molecular flexibility index (Phi) is 3.84. The third-order valence-electron chi connectivity index (χ3n) is 4.03. The lowest BCUT2D eigenvalue weighted by Crippen LogP contribution is -2.32. The van der Waals surface area contributed by atoms with E-state index in [0.29, 0.717) is 4.88 Å². The Morgan fingerprint density at radius 1 is 1.08 bits per heavy atom. The van der Waals surface area contributed by atoms with Crippen molar-refractivity contribution in [3.05, 3.63) is 28.9 Å². The molecule has 0 N–H and O–H groups in total. The average molecular weight is 337 g/mol. The number of hydrogen-bond acceptors (Lipinski definition) is 7. The van der Waals surface area contributed by atoms with Crippen molar-refractivity contribution in [3.8, 4) is 22.7 Å². The Hall–Kier alpha value is -3.10. The minimum atomic E-state index is -0.475. The fourth-order valence-electron chi connectivity index (χ4n) is 2.47. The number of rotatable bonds is 2. The molecule has 1 saturated heterocycles. The van der Waals surface area contributed by atoms with Crippen molar-refractivity contribution in [3.63, 3.8) is 0 Å². The van der Waals surface area contributed by atoms with Gasteiger partial charge in [0.1, 0.15) is 17.8 Å². The number of nitriles is 2. The zero-order chi connectivity index (χ0) is 17.4. The number of imide groups is 1. The molecule has 118 valence electrons. The van der Waals surface area contributed by atoms with Crippen molar-refractivity contribution < 1.29 is 9.59 Å². The number of hydrogen-bond donors (Lipinski definition) is 0. The zero-order valence-corrected chi connectivity index (χ0v) is 13.7. The number of nitrogens with zero attached hydrogens (tertiary/aromatic N) is 5. The SMILES string of the molecule is CC1C(=O)N(c2nc(C#N)c(C#N)nc2-c2cccs2)C(=O)C1C. The summed E-state index contributed by atoms with van der Waals surface area (Å²) in [6.07, 6.45) is 0. The van der Waals surface area contributed by atoms with Crippen molar-refractivity contribution >= 4 is 29.0 Å². The van der Waals surface area contributed by atoms with Gasteiger partial charge in [-0.2, -0.15) is 10.5 Å². The van der Waals surface area contributed by atoms with E-state index in [2.05, 4.69) is 9.97 Å². The minimum Gasteiger partial charge on any atom is -0.274 e. The first kappa shape index (κ1) is 15.8. The number of thiophene rings is 1. The fraction of sp³-hybridized carbons (Fsp3) is 0.250. The van der Waals surface area contributed by atoms with E-state index < -0.39 is 11.8 Å². The van der Waals surface area contributed by atoms with E-state index in [9.17, 15) is 14.9 Å². The monoisotopic (exact) mass is 337 g/mol. The Morgan fingerprint density at radius 3 is 2.17 bits per heavy atom. The summed E-state index contributed by atoms with van der Waals surface area (Å²) in [6, 6.07) is 7.16. The predicted molar refractivity (Wildman–Crippen MR) is 85.6 cm³/mol. The van der Waals surface area contributed by atoms with Crippen molar-refractivity contribution in [2.24, 2.45) is 11.8 Å². The van der Waals surface area contributed by atoms with Crippen LogP contribution in [-0.4, -0.2) is 21.8 Å². The molecule has 0 radical (unpaired) electrons. The van der Waals surface area contributed by atoms with E-state index in [0.717, 1.165) is 4.90 Å². The number of carbonyl (C=O) groups excluding carboxylic acids is 2. The minimum absolute atomic E-state index is 0.0131. The molecule has 2 aromatic rings. The molecule has 24 heavy (non-hydrogen) atoms. The molecule has 1 fully saturated rings. The van der Waals surface area contributed by atoms with Crippen LogP contribution < -0.4 is 4.90 Å². The molecule has 2 unspecified atom stereocenters. The Balaban J connectivity index is 2.28. The number of amides is 2. The Morgan fingerprint density at radius 2 is 1.67 bits per heavy atom. The van der Waals surface area contributed by atoms with E-state index in [1.807, 2.05) is 11.4 Å². The Labute approximate surface area is 141 Å². The molecule has 8 heteroatoms. The van der Waals surface area contributed by atoms with Crippen LogP contribution >= 0.6 is 11.3 Å². The molecule has 3 rings (SSSR count). The molecule has 0 aliphatic carbocycles. The molecule has 0 aromatic carbocycles. The van der Waals surface area contributed by atoms with Gasteiger partial charge in [0.15, 0.2) is 17.2 Å². The quantitative estimate of drug-likeness (QED) is 0.776. The summed E-state index contributed by atoms with van der Waals surface area (Å²) < 4.78 is 0. The van der Waals surface area contributed by atoms with Crippen LogP contribution in [0.2, 0.25) is 0 Å². The first-order valence-electron chi connectivity index (χ1n) is 7.13. The van der Waals surface area contributed by atoms with Gasteiger partial charge in [-0.25, -0.2) is 14.9 Å². The molecule has 0 spiro atoms. The van der Waals surface area contributed by atoms with Crippen LogP contribution in [0.15, 0.2) is 17.5 Å². The van der Waals surface area contributed by atoms with Crippen molar-refractivity contribution in [1.82, 2.24) is 9.97 Å². The molecule has 0 bridgehead atoms. The summed E-state index contributed by atoms with van der Waals surface area (Å²) in [7, 11) is 0.